The molecule has 0 N–H and O–H groups in total. The number of benzene rings is 1. The average Bonchev–Trinajstić information content (AvgIpc) is 2.55. The van der Waals surface area contributed by atoms with Gasteiger partial charge in [0.05, 0.1) is 0 Å². The van der Waals surface area contributed by atoms with Gasteiger partial charge in [0.25, 0.3) is 0 Å². The molecule has 0 amide bonds. The predicted octanol–water partition coefficient (Wildman–Crippen LogP) is 2.86. The number of nitrogens with zero attached hydrogens (tertiary/aromatic N) is 1. The molecule has 2 aromatic rings. The first-order chi connectivity index (χ1) is 7.13. The van der Waals surface area contributed by atoms with Crippen LogP contribution in [0.25, 0.3) is 10.9 Å². The fourth-order valence-electron chi connectivity index (χ4n) is 1.80. The van der Waals surface area contributed by atoms with E-state index < -0.39 is 0 Å². The summed E-state index contributed by atoms with van der Waals surface area (Å²) in [7, 11) is 1.95. The van der Waals surface area contributed by atoms with E-state index in [1.165, 1.54) is 11.6 Å². The van der Waals surface area contributed by atoms with E-state index in [0.29, 0.717) is 0 Å². The van der Waals surface area contributed by atoms with Crippen LogP contribution in [-0.4, -0.2) is 10.4 Å². The summed E-state index contributed by atoms with van der Waals surface area (Å²) in [5.74, 6) is -0.0237. The highest BCUT2D eigenvalue weighted by molar-refractivity contribution is 6.13. The zero-order chi connectivity index (χ0) is 11.0. The molecule has 0 saturated carbocycles. The number of aromatic nitrogens is 1. The Hall–Kier alpha value is -1.83. The Bertz CT molecular complexity index is 549. The highest BCUT2D eigenvalue weighted by Crippen LogP contribution is 2.22. The first-order valence-electron chi connectivity index (χ1n) is 4.86. The van der Waals surface area contributed by atoms with Gasteiger partial charge < -0.3 is 4.57 Å². The van der Waals surface area contributed by atoms with Crippen LogP contribution in [0.5, 0.6) is 0 Å². The fourth-order valence-corrected chi connectivity index (χ4v) is 1.80. The van der Waals surface area contributed by atoms with Crippen LogP contribution in [0.1, 0.15) is 15.9 Å². The molecule has 15 heavy (non-hydrogen) atoms. The lowest BCUT2D eigenvalue weighted by Crippen LogP contribution is -1.91. The molecule has 1 aromatic carbocycles. The van der Waals surface area contributed by atoms with Crippen molar-refractivity contribution < 1.29 is 4.79 Å². The molecule has 0 fully saturated rings. The van der Waals surface area contributed by atoms with Crippen LogP contribution in [0, 0.1) is 6.92 Å². The maximum absolute atomic E-state index is 11.6. The molecule has 0 aliphatic heterocycles. The highest BCUT2D eigenvalue weighted by Gasteiger charge is 2.10. The normalized spacial score (nSPS) is 10.5. The van der Waals surface area contributed by atoms with Crippen LogP contribution in [0.2, 0.25) is 0 Å². The zero-order valence-electron chi connectivity index (χ0n) is 8.95. The van der Waals surface area contributed by atoms with Crippen molar-refractivity contribution in [2.24, 2.45) is 7.05 Å². The Labute approximate surface area is 88.8 Å². The van der Waals surface area contributed by atoms with Crippen molar-refractivity contribution in [2.75, 3.05) is 0 Å². The first kappa shape index (κ1) is 9.71. The first-order valence-corrected chi connectivity index (χ1v) is 4.86. The summed E-state index contributed by atoms with van der Waals surface area (Å²) in [5.41, 5.74) is 3.00. The Morgan fingerprint density at radius 2 is 2.20 bits per heavy atom. The van der Waals surface area contributed by atoms with Gasteiger partial charge in [-0.05, 0) is 24.6 Å². The molecular formula is C13H13NO. The van der Waals surface area contributed by atoms with Gasteiger partial charge in [0.15, 0.2) is 5.78 Å². The van der Waals surface area contributed by atoms with Gasteiger partial charge in [-0.1, -0.05) is 18.7 Å². The molecule has 0 spiro atoms. The third kappa shape index (κ3) is 1.48. The quantitative estimate of drug-likeness (QED) is 0.538. The molecule has 2 rings (SSSR count). The number of rotatable bonds is 2. The third-order valence-corrected chi connectivity index (χ3v) is 2.60. The fraction of sp³-hybridized carbons (Fsp3) is 0.154. The number of fused-ring (bicyclic) bond motifs is 1. The van der Waals surface area contributed by atoms with Crippen molar-refractivity contribution in [1.82, 2.24) is 4.57 Å². The molecule has 0 aliphatic carbocycles. The SMILES string of the molecule is C=CC(=O)c1cn(C)c2cc(C)ccc12. The van der Waals surface area contributed by atoms with Crippen LogP contribution in [-0.2, 0) is 7.05 Å². The third-order valence-electron chi connectivity index (χ3n) is 2.60. The van der Waals surface area contributed by atoms with Crippen molar-refractivity contribution in [1.29, 1.82) is 0 Å². The molecule has 0 saturated heterocycles. The average molecular weight is 199 g/mol. The van der Waals surface area contributed by atoms with Gasteiger partial charge in [0.1, 0.15) is 0 Å². The number of allylic oxidation sites excluding steroid dienone is 1. The van der Waals surface area contributed by atoms with Gasteiger partial charge >= 0.3 is 0 Å². The van der Waals surface area contributed by atoms with Crippen molar-refractivity contribution in [3.05, 3.63) is 48.2 Å². The minimum atomic E-state index is -0.0237. The summed E-state index contributed by atoms with van der Waals surface area (Å²) in [6.07, 6.45) is 3.21. The summed E-state index contributed by atoms with van der Waals surface area (Å²) in [5, 5.41) is 0.994. The van der Waals surface area contributed by atoms with Crippen molar-refractivity contribution in [3.63, 3.8) is 0 Å². The van der Waals surface area contributed by atoms with E-state index in [2.05, 4.69) is 12.6 Å². The summed E-state index contributed by atoms with van der Waals surface area (Å²) in [4.78, 5) is 11.6. The monoisotopic (exact) mass is 199 g/mol. The number of hydrogen-bond acceptors (Lipinski definition) is 1. The molecule has 0 radical (unpaired) electrons. The lowest BCUT2D eigenvalue weighted by Gasteiger charge is -1.97. The van der Waals surface area contributed by atoms with Gasteiger partial charge in [-0.15, -0.1) is 0 Å². The van der Waals surface area contributed by atoms with E-state index >= 15 is 0 Å². The smallest absolute Gasteiger partial charge is 0.187 e. The summed E-state index contributed by atoms with van der Waals surface area (Å²) in [6.45, 7) is 5.55. The second-order valence-corrected chi connectivity index (χ2v) is 3.74. The van der Waals surface area contributed by atoms with Crippen LogP contribution >= 0.6 is 0 Å². The molecule has 0 unspecified atom stereocenters. The molecule has 1 aromatic heterocycles. The van der Waals surface area contributed by atoms with Gasteiger partial charge in [0, 0.05) is 29.7 Å². The molecular weight excluding hydrogens is 186 g/mol. The maximum Gasteiger partial charge on any atom is 0.187 e. The topological polar surface area (TPSA) is 22.0 Å². The number of hydrogen-bond donors (Lipinski definition) is 0. The number of carbonyl (C=O) groups is 1. The van der Waals surface area contributed by atoms with Crippen LogP contribution < -0.4 is 0 Å². The minimum absolute atomic E-state index is 0.0237. The van der Waals surface area contributed by atoms with Gasteiger partial charge in [0.2, 0.25) is 0 Å². The summed E-state index contributed by atoms with van der Waals surface area (Å²) >= 11 is 0. The van der Waals surface area contributed by atoms with E-state index in [0.717, 1.165) is 16.5 Å². The Kier molecular flexibility index (Phi) is 2.19. The Morgan fingerprint density at radius 3 is 2.87 bits per heavy atom. The molecule has 2 nitrogen and oxygen atoms in total. The van der Waals surface area contributed by atoms with Crippen molar-refractivity contribution in [2.45, 2.75) is 6.92 Å². The Morgan fingerprint density at radius 1 is 1.47 bits per heavy atom. The maximum atomic E-state index is 11.6. The molecule has 0 atom stereocenters. The standard InChI is InChI=1S/C13H13NO/c1-4-13(15)11-8-14(3)12-7-9(2)5-6-10(11)12/h4-8H,1H2,2-3H3. The van der Waals surface area contributed by atoms with E-state index in [-0.39, 0.29) is 5.78 Å². The van der Waals surface area contributed by atoms with E-state index in [1.807, 2.05) is 36.9 Å². The number of carbonyl (C=O) groups excluding carboxylic acids is 1. The van der Waals surface area contributed by atoms with Crippen molar-refractivity contribution >= 4 is 16.7 Å². The lowest BCUT2D eigenvalue weighted by molar-refractivity contribution is 0.104. The second kappa shape index (κ2) is 3.39. The summed E-state index contributed by atoms with van der Waals surface area (Å²) in [6, 6.07) is 6.08. The number of ketones is 1. The van der Waals surface area contributed by atoms with Crippen LogP contribution in [0.4, 0.5) is 0 Å². The Balaban J connectivity index is 2.78. The van der Waals surface area contributed by atoms with Gasteiger partial charge in [-0.2, -0.15) is 0 Å². The van der Waals surface area contributed by atoms with Gasteiger partial charge in [-0.25, -0.2) is 0 Å². The van der Waals surface area contributed by atoms with Crippen LogP contribution in [0.15, 0.2) is 37.1 Å². The van der Waals surface area contributed by atoms with E-state index in [9.17, 15) is 4.79 Å². The largest absolute Gasteiger partial charge is 0.350 e. The second-order valence-electron chi connectivity index (χ2n) is 3.74. The zero-order valence-corrected chi connectivity index (χ0v) is 8.95. The summed E-state index contributed by atoms with van der Waals surface area (Å²) < 4.78 is 1.97. The van der Waals surface area contributed by atoms with E-state index in [4.69, 9.17) is 0 Å². The van der Waals surface area contributed by atoms with Crippen LogP contribution in [0.3, 0.4) is 0 Å². The number of aryl methyl sites for hydroxylation is 2. The highest BCUT2D eigenvalue weighted by atomic mass is 16.1. The predicted molar refractivity (Wildman–Crippen MR) is 62.2 cm³/mol. The molecule has 76 valence electrons. The molecule has 2 heteroatoms. The molecule has 0 bridgehead atoms. The van der Waals surface area contributed by atoms with Gasteiger partial charge in [-0.3, -0.25) is 4.79 Å². The lowest BCUT2D eigenvalue weighted by atomic mass is 10.1. The van der Waals surface area contributed by atoms with E-state index in [1.54, 1.807) is 0 Å². The molecule has 0 aliphatic rings. The minimum Gasteiger partial charge on any atom is -0.350 e. The van der Waals surface area contributed by atoms with Crippen molar-refractivity contribution in [3.8, 4) is 0 Å². The molecule has 1 heterocycles.